The minimum atomic E-state index is -1.03. The van der Waals surface area contributed by atoms with Crippen LogP contribution in [-0.2, 0) is 0 Å². The Morgan fingerprint density at radius 3 is 2.33 bits per heavy atom. The second-order valence-electron chi connectivity index (χ2n) is 2.30. The molecule has 0 bridgehead atoms. The van der Waals surface area contributed by atoms with E-state index in [1.807, 2.05) is 19.1 Å². The first-order chi connectivity index (χ1) is 5.18. The van der Waals surface area contributed by atoms with Crippen LogP contribution in [-0.4, -0.2) is 11.2 Å². The summed E-state index contributed by atoms with van der Waals surface area (Å²) >= 11 is 0. The van der Waals surface area contributed by atoms with Crippen molar-refractivity contribution in [2.45, 2.75) is 6.92 Å². The molecule has 0 aliphatic rings. The monoisotopic (exact) mass is 391 g/mol. The molecule has 0 spiro atoms. The van der Waals surface area contributed by atoms with Crippen LogP contribution in [0.2, 0.25) is 0 Å². The SMILES string of the molecule is Cc1ccc(NC(=O)O)cc1.[HH].[U]. The molecule has 4 heteroatoms. The van der Waals surface area contributed by atoms with Crippen LogP contribution in [0.1, 0.15) is 6.99 Å². The second kappa shape index (κ2) is 5.23. The summed E-state index contributed by atoms with van der Waals surface area (Å²) in [5.41, 5.74) is 1.71. The molecule has 0 saturated heterocycles. The summed E-state index contributed by atoms with van der Waals surface area (Å²) in [6.07, 6.45) is -1.03. The van der Waals surface area contributed by atoms with Gasteiger partial charge >= 0.3 is 6.09 Å². The maximum Gasteiger partial charge on any atom is 0.409 e. The van der Waals surface area contributed by atoms with Crippen LogP contribution in [0.5, 0.6) is 0 Å². The van der Waals surface area contributed by atoms with Gasteiger partial charge in [0.25, 0.3) is 0 Å². The molecular formula is C8H11NO2U. The zero-order valence-corrected chi connectivity index (χ0v) is 10.8. The first-order valence-electron chi connectivity index (χ1n) is 3.25. The van der Waals surface area contributed by atoms with Crippen LogP contribution < -0.4 is 5.32 Å². The maximum atomic E-state index is 10.1. The van der Waals surface area contributed by atoms with Gasteiger partial charge in [0.1, 0.15) is 0 Å². The van der Waals surface area contributed by atoms with Gasteiger partial charge in [0.2, 0.25) is 0 Å². The zero-order chi connectivity index (χ0) is 8.27. The summed E-state index contributed by atoms with van der Waals surface area (Å²) < 4.78 is 0. The molecule has 0 saturated carbocycles. The van der Waals surface area contributed by atoms with E-state index < -0.39 is 6.09 Å². The van der Waals surface area contributed by atoms with Crippen molar-refractivity contribution >= 4 is 11.8 Å². The summed E-state index contributed by atoms with van der Waals surface area (Å²) in [4.78, 5) is 10.1. The third-order valence-corrected chi connectivity index (χ3v) is 1.30. The van der Waals surface area contributed by atoms with Gasteiger partial charge in [-0.15, -0.1) is 0 Å². The Balaban J connectivity index is 0. The van der Waals surface area contributed by atoms with Crippen molar-refractivity contribution in [3.05, 3.63) is 29.8 Å². The van der Waals surface area contributed by atoms with E-state index in [9.17, 15) is 4.79 Å². The fraction of sp³-hybridized carbons (Fsp3) is 0.125. The molecule has 0 aliphatic carbocycles. The van der Waals surface area contributed by atoms with E-state index in [1.54, 1.807) is 12.1 Å². The van der Waals surface area contributed by atoms with Gasteiger partial charge in [-0.25, -0.2) is 4.79 Å². The summed E-state index contributed by atoms with van der Waals surface area (Å²) in [6, 6.07) is 7.16. The minimum absolute atomic E-state index is 0. The Bertz CT molecular complexity index is 263. The van der Waals surface area contributed by atoms with E-state index in [0.717, 1.165) is 5.56 Å². The fourth-order valence-corrected chi connectivity index (χ4v) is 0.760. The van der Waals surface area contributed by atoms with E-state index in [0.29, 0.717) is 5.69 Å². The number of amides is 1. The standard InChI is InChI=1S/C8H9NO2.U.H2/c1-6-2-4-7(5-3-6)9-8(10)11;;/h2-5,9H,1H3,(H,10,11);;1H. The molecule has 0 aliphatic heterocycles. The van der Waals surface area contributed by atoms with Gasteiger partial charge in [-0.3, -0.25) is 5.32 Å². The molecule has 1 rings (SSSR count). The van der Waals surface area contributed by atoms with Crippen molar-refractivity contribution in [3.8, 4) is 0 Å². The van der Waals surface area contributed by atoms with Crippen LogP contribution in [0.15, 0.2) is 24.3 Å². The molecule has 0 radical (unpaired) electrons. The number of nitrogens with one attached hydrogen (secondary N) is 1. The summed E-state index contributed by atoms with van der Waals surface area (Å²) in [5, 5.41) is 10.6. The fourth-order valence-electron chi connectivity index (χ4n) is 0.760. The predicted molar refractivity (Wildman–Crippen MR) is 44.9 cm³/mol. The maximum absolute atomic E-state index is 10.1. The third kappa shape index (κ3) is 3.80. The van der Waals surface area contributed by atoms with E-state index >= 15 is 0 Å². The third-order valence-electron chi connectivity index (χ3n) is 1.30. The molecule has 1 aromatic rings. The molecule has 0 unspecified atom stereocenters. The van der Waals surface area contributed by atoms with Gasteiger partial charge in [-0.1, -0.05) is 17.7 Å². The second-order valence-corrected chi connectivity index (χ2v) is 2.30. The summed E-state index contributed by atoms with van der Waals surface area (Å²) in [6.45, 7) is 1.95. The van der Waals surface area contributed by atoms with Gasteiger partial charge in [0.15, 0.2) is 0 Å². The molecule has 1 aromatic carbocycles. The predicted octanol–water partition coefficient (Wildman–Crippen LogP) is 2.33. The number of carbonyl (C=O) groups is 1. The molecule has 0 heterocycles. The van der Waals surface area contributed by atoms with Crippen molar-refractivity contribution in [2.75, 3.05) is 5.32 Å². The van der Waals surface area contributed by atoms with Crippen molar-refractivity contribution in [1.29, 1.82) is 0 Å². The Labute approximate surface area is 96.0 Å². The van der Waals surface area contributed by atoms with E-state index in [1.165, 1.54) is 0 Å². The average Bonchev–Trinajstić information content (AvgIpc) is 1.93. The number of rotatable bonds is 1. The number of carboxylic acid groups (broad SMARTS) is 1. The Kier molecular flexibility index (Phi) is 5.03. The molecule has 3 nitrogen and oxygen atoms in total. The number of anilines is 1. The topological polar surface area (TPSA) is 49.3 Å². The molecular weight excluding hydrogens is 380 g/mol. The first kappa shape index (κ1) is 11.5. The normalized spacial score (nSPS) is 8.42. The van der Waals surface area contributed by atoms with Crippen LogP contribution >= 0.6 is 0 Å². The van der Waals surface area contributed by atoms with Crippen LogP contribution in [0.25, 0.3) is 0 Å². The van der Waals surface area contributed by atoms with Crippen molar-refractivity contribution < 1.29 is 42.4 Å². The number of hydrogen-bond acceptors (Lipinski definition) is 1. The van der Waals surface area contributed by atoms with Gasteiger partial charge in [-0.2, -0.15) is 0 Å². The molecule has 64 valence electrons. The molecule has 0 fully saturated rings. The van der Waals surface area contributed by atoms with Gasteiger partial charge < -0.3 is 5.11 Å². The number of aryl methyl sites for hydroxylation is 1. The summed E-state index contributed by atoms with van der Waals surface area (Å²) in [5.74, 6) is 0. The molecule has 12 heavy (non-hydrogen) atoms. The molecule has 2 N–H and O–H groups in total. The zero-order valence-electron chi connectivity index (χ0n) is 6.66. The van der Waals surface area contributed by atoms with Crippen molar-refractivity contribution in [1.82, 2.24) is 0 Å². The van der Waals surface area contributed by atoms with Crippen LogP contribution in [0, 0.1) is 38.0 Å². The van der Waals surface area contributed by atoms with Crippen molar-refractivity contribution in [2.24, 2.45) is 0 Å². The van der Waals surface area contributed by atoms with Gasteiger partial charge in [0, 0.05) is 38.2 Å². The number of hydrogen-bond donors (Lipinski definition) is 2. The minimum Gasteiger partial charge on any atom is -0.465 e. The largest absolute Gasteiger partial charge is 0.465 e. The van der Waals surface area contributed by atoms with Gasteiger partial charge in [0.05, 0.1) is 0 Å². The van der Waals surface area contributed by atoms with E-state index in [4.69, 9.17) is 5.11 Å². The summed E-state index contributed by atoms with van der Waals surface area (Å²) in [7, 11) is 0. The Hall–Kier alpha value is -0.458. The van der Waals surface area contributed by atoms with Crippen LogP contribution in [0.4, 0.5) is 10.5 Å². The molecule has 0 atom stereocenters. The first-order valence-corrected chi connectivity index (χ1v) is 3.25. The van der Waals surface area contributed by atoms with Crippen LogP contribution in [0.3, 0.4) is 0 Å². The Morgan fingerprint density at radius 2 is 1.92 bits per heavy atom. The van der Waals surface area contributed by atoms with Crippen molar-refractivity contribution in [3.63, 3.8) is 0 Å². The van der Waals surface area contributed by atoms with Gasteiger partial charge in [-0.05, 0) is 19.1 Å². The van der Waals surface area contributed by atoms with E-state index in [-0.39, 0.29) is 32.5 Å². The average molecular weight is 391 g/mol. The molecule has 1 amide bonds. The quantitative estimate of drug-likeness (QED) is 0.772. The van der Waals surface area contributed by atoms with E-state index in [2.05, 4.69) is 5.32 Å². The smallest absolute Gasteiger partial charge is 0.409 e. The number of benzene rings is 1. The molecule has 0 aromatic heterocycles. The Morgan fingerprint density at radius 1 is 1.42 bits per heavy atom.